The van der Waals surface area contributed by atoms with Crippen molar-refractivity contribution in [1.82, 2.24) is 10.2 Å². The monoisotopic (exact) mass is 349 g/mol. The molecule has 8 heteroatoms. The highest BCUT2D eigenvalue weighted by Crippen LogP contribution is 2.41. The standard InChI is InChI=1S/C16H19N3O4S/c1-16(15(22)23)7-19-13(21)11(14(19)24-8-16)18-12(20)10(17)9-5-3-2-4-6-9/h2-6,10-11,14H,7-8,17H2,1H3,(H,18,20)(H,22,23)/t10?,11?,14-,16?/m1/s1. The minimum absolute atomic E-state index is 0.163. The van der Waals surface area contributed by atoms with Crippen LogP contribution in [-0.4, -0.2) is 51.5 Å². The number of nitrogens with two attached hydrogens (primary N) is 1. The summed E-state index contributed by atoms with van der Waals surface area (Å²) in [6.45, 7) is 1.79. The van der Waals surface area contributed by atoms with Gasteiger partial charge < -0.3 is 21.1 Å². The van der Waals surface area contributed by atoms with Crippen molar-refractivity contribution in [2.75, 3.05) is 12.3 Å². The van der Waals surface area contributed by atoms with Gasteiger partial charge in [-0.15, -0.1) is 11.8 Å². The summed E-state index contributed by atoms with van der Waals surface area (Å²) >= 11 is 1.38. The van der Waals surface area contributed by atoms with Crippen molar-refractivity contribution in [2.45, 2.75) is 24.4 Å². The summed E-state index contributed by atoms with van der Waals surface area (Å²) in [5, 5.41) is 11.8. The van der Waals surface area contributed by atoms with Gasteiger partial charge >= 0.3 is 5.97 Å². The number of fused-ring (bicyclic) bond motifs is 1. The molecular weight excluding hydrogens is 330 g/mol. The molecule has 4 atom stereocenters. The van der Waals surface area contributed by atoms with Crippen LogP contribution >= 0.6 is 11.8 Å². The second-order valence-corrected chi connectivity index (χ2v) is 7.51. The molecule has 24 heavy (non-hydrogen) atoms. The number of aliphatic carboxylic acids is 1. The Hall–Kier alpha value is -2.06. The first kappa shape index (κ1) is 16.8. The third kappa shape index (κ3) is 2.76. The zero-order chi connectivity index (χ0) is 17.5. The van der Waals surface area contributed by atoms with E-state index >= 15 is 0 Å². The Bertz CT molecular complexity index is 683. The van der Waals surface area contributed by atoms with Gasteiger partial charge in [-0.05, 0) is 12.5 Å². The first-order chi connectivity index (χ1) is 11.3. The zero-order valence-electron chi connectivity index (χ0n) is 13.1. The summed E-state index contributed by atoms with van der Waals surface area (Å²) in [5.41, 5.74) is 5.66. The van der Waals surface area contributed by atoms with Gasteiger partial charge in [-0.25, -0.2) is 0 Å². The number of nitrogens with zero attached hydrogens (tertiary/aromatic N) is 1. The third-order valence-corrected chi connectivity index (χ3v) is 6.16. The van der Waals surface area contributed by atoms with Crippen molar-refractivity contribution in [2.24, 2.45) is 11.1 Å². The van der Waals surface area contributed by atoms with E-state index in [2.05, 4.69) is 5.32 Å². The molecule has 0 aromatic heterocycles. The molecule has 2 aliphatic heterocycles. The number of carboxylic acid groups (broad SMARTS) is 1. The lowest BCUT2D eigenvalue weighted by Crippen LogP contribution is -2.73. The van der Waals surface area contributed by atoms with Gasteiger partial charge in [0.05, 0.1) is 5.41 Å². The number of amides is 2. The van der Waals surface area contributed by atoms with E-state index < -0.39 is 29.4 Å². The predicted molar refractivity (Wildman–Crippen MR) is 89.0 cm³/mol. The molecule has 0 spiro atoms. The number of benzene rings is 1. The van der Waals surface area contributed by atoms with Crippen LogP contribution in [-0.2, 0) is 14.4 Å². The fourth-order valence-electron chi connectivity index (χ4n) is 2.89. The number of carboxylic acids is 1. The first-order valence-corrected chi connectivity index (χ1v) is 8.65. The normalized spacial score (nSPS) is 30.1. The quantitative estimate of drug-likeness (QED) is 0.668. The van der Waals surface area contributed by atoms with Gasteiger partial charge in [-0.1, -0.05) is 30.3 Å². The number of carbonyl (C=O) groups excluding carboxylic acids is 2. The largest absolute Gasteiger partial charge is 0.481 e. The molecule has 128 valence electrons. The lowest BCUT2D eigenvalue weighted by atomic mass is 9.89. The number of carbonyl (C=O) groups is 3. The Morgan fingerprint density at radius 3 is 2.71 bits per heavy atom. The Labute approximate surface area is 143 Å². The molecule has 0 radical (unpaired) electrons. The van der Waals surface area contributed by atoms with Crippen LogP contribution in [0.5, 0.6) is 0 Å². The number of rotatable bonds is 4. The summed E-state index contributed by atoms with van der Waals surface area (Å²) in [7, 11) is 0. The van der Waals surface area contributed by atoms with E-state index in [1.54, 1.807) is 31.2 Å². The van der Waals surface area contributed by atoms with E-state index in [-0.39, 0.29) is 17.8 Å². The van der Waals surface area contributed by atoms with Crippen molar-refractivity contribution >= 4 is 29.5 Å². The fourth-order valence-corrected chi connectivity index (χ4v) is 4.37. The zero-order valence-corrected chi connectivity index (χ0v) is 14.0. The van der Waals surface area contributed by atoms with Crippen LogP contribution in [0.2, 0.25) is 0 Å². The molecular formula is C16H19N3O4S. The molecule has 2 heterocycles. The van der Waals surface area contributed by atoms with E-state index in [0.29, 0.717) is 11.3 Å². The second-order valence-electron chi connectivity index (χ2n) is 6.41. The minimum atomic E-state index is -0.952. The van der Waals surface area contributed by atoms with Crippen molar-refractivity contribution in [3.63, 3.8) is 0 Å². The SMILES string of the molecule is CC1(C(=O)O)CS[C@@H]2C(NC(=O)C(N)c3ccccc3)C(=O)N2C1. The van der Waals surface area contributed by atoms with Crippen molar-refractivity contribution in [3.8, 4) is 0 Å². The molecule has 2 aliphatic rings. The van der Waals surface area contributed by atoms with Crippen molar-refractivity contribution < 1.29 is 19.5 Å². The van der Waals surface area contributed by atoms with E-state index in [1.807, 2.05) is 6.07 Å². The van der Waals surface area contributed by atoms with Gasteiger partial charge in [0.25, 0.3) is 0 Å². The average molecular weight is 349 g/mol. The molecule has 2 amide bonds. The molecule has 4 N–H and O–H groups in total. The van der Waals surface area contributed by atoms with Gasteiger partial charge in [-0.3, -0.25) is 14.4 Å². The lowest BCUT2D eigenvalue weighted by molar-refractivity contribution is -0.158. The van der Waals surface area contributed by atoms with Crippen LogP contribution in [0.25, 0.3) is 0 Å². The Morgan fingerprint density at radius 1 is 1.42 bits per heavy atom. The van der Waals surface area contributed by atoms with E-state index in [1.165, 1.54) is 16.7 Å². The maximum absolute atomic E-state index is 12.3. The Kier molecular flexibility index (Phi) is 4.27. The lowest BCUT2D eigenvalue weighted by Gasteiger charge is -2.53. The van der Waals surface area contributed by atoms with Gasteiger partial charge in [0.15, 0.2) is 0 Å². The fraction of sp³-hybridized carbons (Fsp3) is 0.438. The smallest absolute Gasteiger partial charge is 0.312 e. The minimum Gasteiger partial charge on any atom is -0.481 e. The summed E-state index contributed by atoms with van der Waals surface area (Å²) in [6.07, 6.45) is 0. The highest BCUT2D eigenvalue weighted by atomic mass is 32.2. The summed E-state index contributed by atoms with van der Waals surface area (Å²) < 4.78 is 0. The van der Waals surface area contributed by atoms with Crippen LogP contribution in [0.1, 0.15) is 18.5 Å². The van der Waals surface area contributed by atoms with E-state index in [9.17, 15) is 19.5 Å². The number of β-lactam (4-membered cyclic amide) rings is 1. The molecule has 0 bridgehead atoms. The maximum atomic E-state index is 12.3. The van der Waals surface area contributed by atoms with Gasteiger partial charge in [0.2, 0.25) is 11.8 Å². The highest BCUT2D eigenvalue weighted by molar-refractivity contribution is 8.00. The van der Waals surface area contributed by atoms with E-state index in [4.69, 9.17) is 5.73 Å². The highest BCUT2D eigenvalue weighted by Gasteiger charge is 2.56. The molecule has 3 unspecified atom stereocenters. The third-order valence-electron chi connectivity index (χ3n) is 4.49. The van der Waals surface area contributed by atoms with Gasteiger partial charge in [0, 0.05) is 12.3 Å². The molecule has 3 rings (SSSR count). The van der Waals surface area contributed by atoms with Crippen LogP contribution in [0.15, 0.2) is 30.3 Å². The second kappa shape index (κ2) is 6.10. The van der Waals surface area contributed by atoms with Crippen molar-refractivity contribution in [3.05, 3.63) is 35.9 Å². The number of hydrogen-bond acceptors (Lipinski definition) is 5. The summed E-state index contributed by atoms with van der Waals surface area (Å²) in [5.74, 6) is -1.19. The van der Waals surface area contributed by atoms with Crippen LogP contribution in [0.4, 0.5) is 0 Å². The molecule has 2 fully saturated rings. The summed E-state index contributed by atoms with van der Waals surface area (Å²) in [6, 6.07) is 7.45. The van der Waals surface area contributed by atoms with Crippen LogP contribution < -0.4 is 11.1 Å². The predicted octanol–water partition coefficient (Wildman–Crippen LogP) is 0.177. The number of nitrogens with one attached hydrogen (secondary N) is 1. The Morgan fingerprint density at radius 2 is 2.08 bits per heavy atom. The van der Waals surface area contributed by atoms with Crippen molar-refractivity contribution in [1.29, 1.82) is 0 Å². The van der Waals surface area contributed by atoms with Crippen LogP contribution in [0, 0.1) is 5.41 Å². The Balaban J connectivity index is 1.63. The molecule has 0 aliphatic carbocycles. The average Bonchev–Trinajstić information content (AvgIpc) is 2.59. The summed E-state index contributed by atoms with van der Waals surface area (Å²) in [4.78, 5) is 37.4. The molecule has 7 nitrogen and oxygen atoms in total. The molecule has 1 aromatic carbocycles. The van der Waals surface area contributed by atoms with Gasteiger partial charge in [0.1, 0.15) is 17.5 Å². The molecule has 0 saturated carbocycles. The first-order valence-electron chi connectivity index (χ1n) is 7.60. The number of hydrogen-bond donors (Lipinski definition) is 3. The topological polar surface area (TPSA) is 113 Å². The number of thioether (sulfide) groups is 1. The maximum Gasteiger partial charge on any atom is 0.312 e. The molecule has 1 aromatic rings. The van der Waals surface area contributed by atoms with Gasteiger partial charge in [-0.2, -0.15) is 0 Å². The van der Waals surface area contributed by atoms with E-state index in [0.717, 1.165) is 0 Å². The van der Waals surface area contributed by atoms with Crippen LogP contribution in [0.3, 0.4) is 0 Å². The molecule has 2 saturated heterocycles.